The van der Waals surface area contributed by atoms with Crippen molar-refractivity contribution in [3.05, 3.63) is 60.1 Å². The molecule has 2 aliphatic rings. The zero-order valence-electron chi connectivity index (χ0n) is 19.5. The molecule has 2 saturated heterocycles. The Morgan fingerprint density at radius 1 is 1.21 bits per heavy atom. The Kier molecular flexibility index (Phi) is 6.78. The van der Waals surface area contributed by atoms with Gasteiger partial charge in [0.15, 0.2) is 11.6 Å². The monoisotopic (exact) mass is 468 g/mol. The number of cyclic esters (lactones) is 1. The van der Waals surface area contributed by atoms with Crippen LogP contribution in [0, 0.1) is 5.82 Å². The van der Waals surface area contributed by atoms with Crippen LogP contribution in [-0.2, 0) is 22.6 Å². The summed E-state index contributed by atoms with van der Waals surface area (Å²) in [5.41, 5.74) is 1.50. The molecule has 34 heavy (non-hydrogen) atoms. The number of ether oxygens (including phenoxy) is 1. The van der Waals surface area contributed by atoms with Gasteiger partial charge in [-0.3, -0.25) is 9.69 Å². The summed E-state index contributed by atoms with van der Waals surface area (Å²) in [6.45, 7) is 11.6. The molecule has 1 N–H and O–H groups in total. The molecule has 3 heterocycles. The molecule has 9 nitrogen and oxygen atoms in total. The third-order valence-electron chi connectivity index (χ3n) is 6.01. The van der Waals surface area contributed by atoms with E-state index in [2.05, 4.69) is 38.9 Å². The third kappa shape index (κ3) is 5.17. The van der Waals surface area contributed by atoms with Crippen LogP contribution >= 0.6 is 0 Å². The second kappa shape index (κ2) is 9.76. The Balaban J connectivity index is 1.33. The first-order chi connectivity index (χ1) is 16.3. The van der Waals surface area contributed by atoms with E-state index in [-0.39, 0.29) is 24.3 Å². The first-order valence-corrected chi connectivity index (χ1v) is 11.2. The molecule has 0 radical (unpaired) electrons. The number of carbonyl (C=O) groups excluding carboxylic acids is 2. The number of carbonyl (C=O) groups is 2. The molecular formula is C24H29FN6O3. The van der Waals surface area contributed by atoms with Gasteiger partial charge in [0.2, 0.25) is 11.9 Å². The molecule has 4 rings (SSSR count). The Morgan fingerprint density at radius 3 is 2.50 bits per heavy atom. The molecule has 2 amide bonds. The largest absolute Gasteiger partial charge is 0.447 e. The lowest BCUT2D eigenvalue weighted by atomic mass is 10.1. The Hall–Kier alpha value is -3.53. The fourth-order valence-corrected chi connectivity index (χ4v) is 4.05. The molecule has 0 aliphatic carbocycles. The summed E-state index contributed by atoms with van der Waals surface area (Å²) >= 11 is 0. The molecule has 0 unspecified atom stereocenters. The molecular weight excluding hydrogens is 439 g/mol. The first-order valence-electron chi connectivity index (χ1n) is 11.2. The number of anilines is 2. The summed E-state index contributed by atoms with van der Waals surface area (Å²) in [6.07, 6.45) is 1.79. The van der Waals surface area contributed by atoms with Gasteiger partial charge in [-0.25, -0.2) is 19.1 Å². The normalized spacial score (nSPS) is 18.0. The summed E-state index contributed by atoms with van der Waals surface area (Å²) in [6, 6.07) is 8.17. The van der Waals surface area contributed by atoms with E-state index in [1.165, 1.54) is 16.5 Å². The number of benzene rings is 1. The Labute approximate surface area is 198 Å². The van der Waals surface area contributed by atoms with E-state index >= 15 is 0 Å². The number of amides is 2. The van der Waals surface area contributed by atoms with Gasteiger partial charge >= 0.3 is 6.09 Å². The minimum atomic E-state index is -0.701. The smallest absolute Gasteiger partial charge is 0.416 e. The lowest BCUT2D eigenvalue weighted by Crippen LogP contribution is -2.47. The predicted octanol–water partition coefficient (Wildman–Crippen LogP) is 2.79. The number of rotatable bonds is 7. The van der Waals surface area contributed by atoms with Gasteiger partial charge < -0.3 is 15.0 Å². The van der Waals surface area contributed by atoms with Gasteiger partial charge in [-0.1, -0.05) is 30.8 Å². The summed E-state index contributed by atoms with van der Waals surface area (Å²) < 4.78 is 19.4. The number of piperazine rings is 1. The van der Waals surface area contributed by atoms with Gasteiger partial charge in [0.25, 0.3) is 0 Å². The highest BCUT2D eigenvalue weighted by molar-refractivity contribution is 5.90. The highest BCUT2D eigenvalue weighted by Gasteiger charge is 2.43. The van der Waals surface area contributed by atoms with Crippen molar-refractivity contribution >= 4 is 23.8 Å². The van der Waals surface area contributed by atoms with Crippen LogP contribution in [0.3, 0.4) is 0 Å². The van der Waals surface area contributed by atoms with Gasteiger partial charge in [-0.05, 0) is 31.1 Å². The topological polar surface area (TPSA) is 90.9 Å². The van der Waals surface area contributed by atoms with Crippen LogP contribution in [0.1, 0.15) is 25.0 Å². The van der Waals surface area contributed by atoms with Gasteiger partial charge in [0, 0.05) is 39.3 Å². The van der Waals surface area contributed by atoms with E-state index in [9.17, 15) is 14.0 Å². The third-order valence-corrected chi connectivity index (χ3v) is 6.01. The van der Waals surface area contributed by atoms with Crippen LogP contribution in [0.5, 0.6) is 0 Å². The van der Waals surface area contributed by atoms with Crippen molar-refractivity contribution < 1.29 is 18.7 Å². The number of nitrogens with zero attached hydrogens (tertiary/aromatic N) is 5. The van der Waals surface area contributed by atoms with Gasteiger partial charge in [0.1, 0.15) is 6.61 Å². The SMILES string of the molecule is C=CC(=O)N1CCN(Cc2ccc(CNc3ncc(F)c(N4C(=O)OCC4(C)C)n3)cc2)CC1. The first kappa shape index (κ1) is 23.6. The number of hydrogen-bond acceptors (Lipinski definition) is 7. The van der Waals surface area contributed by atoms with Gasteiger partial charge in [0.05, 0.1) is 11.7 Å². The van der Waals surface area contributed by atoms with Crippen molar-refractivity contribution in [3.8, 4) is 0 Å². The average Bonchev–Trinajstić information content (AvgIpc) is 3.11. The second-order valence-electron chi connectivity index (χ2n) is 9.04. The average molecular weight is 469 g/mol. The minimum Gasteiger partial charge on any atom is -0.447 e. The van der Waals surface area contributed by atoms with E-state index in [0.29, 0.717) is 19.6 Å². The summed E-state index contributed by atoms with van der Waals surface area (Å²) in [5, 5.41) is 3.09. The zero-order chi connectivity index (χ0) is 24.3. The van der Waals surface area contributed by atoms with Crippen LogP contribution in [0.4, 0.5) is 21.0 Å². The molecule has 0 bridgehead atoms. The van der Waals surface area contributed by atoms with Crippen LogP contribution in [0.2, 0.25) is 0 Å². The van der Waals surface area contributed by atoms with E-state index in [1.54, 1.807) is 13.8 Å². The van der Waals surface area contributed by atoms with Gasteiger partial charge in [-0.15, -0.1) is 0 Å². The lowest BCUT2D eigenvalue weighted by molar-refractivity contribution is -0.127. The molecule has 1 aromatic heterocycles. The number of aromatic nitrogens is 2. The van der Waals surface area contributed by atoms with Gasteiger partial charge in [-0.2, -0.15) is 4.98 Å². The maximum absolute atomic E-state index is 14.4. The standard InChI is InChI=1S/C24H29FN6O3/c1-4-20(32)30-11-9-29(10-12-30)15-18-7-5-17(6-8-18)13-26-22-27-14-19(25)21(28-22)31-23(33)34-16-24(31,2)3/h4-8,14H,1,9-13,15-16H2,2-3H3,(H,26,27,28). The lowest BCUT2D eigenvalue weighted by Gasteiger charge is -2.34. The quantitative estimate of drug-likeness (QED) is 0.625. The fourth-order valence-electron chi connectivity index (χ4n) is 4.05. The minimum absolute atomic E-state index is 0.0159. The molecule has 180 valence electrons. The Bertz CT molecular complexity index is 1070. The molecule has 2 aromatic rings. The molecule has 2 fully saturated rings. The molecule has 0 spiro atoms. The molecule has 1 aromatic carbocycles. The van der Waals surface area contributed by atoms with E-state index in [1.807, 2.05) is 17.0 Å². The van der Waals surface area contributed by atoms with E-state index in [0.717, 1.165) is 31.4 Å². The van der Waals surface area contributed by atoms with Crippen molar-refractivity contribution in [1.29, 1.82) is 0 Å². The van der Waals surface area contributed by atoms with Crippen LogP contribution < -0.4 is 10.2 Å². The van der Waals surface area contributed by atoms with Crippen molar-refractivity contribution in [2.75, 3.05) is 43.0 Å². The van der Waals surface area contributed by atoms with Crippen molar-refractivity contribution in [2.45, 2.75) is 32.5 Å². The highest BCUT2D eigenvalue weighted by atomic mass is 19.1. The van der Waals surface area contributed by atoms with Crippen molar-refractivity contribution in [2.24, 2.45) is 0 Å². The predicted molar refractivity (Wildman–Crippen MR) is 126 cm³/mol. The molecule has 0 saturated carbocycles. The maximum Gasteiger partial charge on any atom is 0.416 e. The summed E-state index contributed by atoms with van der Waals surface area (Å²) in [7, 11) is 0. The summed E-state index contributed by atoms with van der Waals surface area (Å²) in [4.78, 5) is 37.4. The molecule has 2 aliphatic heterocycles. The van der Waals surface area contributed by atoms with E-state index in [4.69, 9.17) is 4.74 Å². The second-order valence-corrected chi connectivity index (χ2v) is 9.04. The number of hydrogen-bond donors (Lipinski definition) is 1. The van der Waals surface area contributed by atoms with Crippen molar-refractivity contribution in [1.82, 2.24) is 19.8 Å². The number of nitrogens with one attached hydrogen (secondary N) is 1. The van der Waals surface area contributed by atoms with E-state index < -0.39 is 17.4 Å². The fraction of sp³-hybridized carbons (Fsp3) is 0.417. The molecule has 10 heteroatoms. The Morgan fingerprint density at radius 2 is 1.88 bits per heavy atom. The zero-order valence-corrected chi connectivity index (χ0v) is 19.5. The highest BCUT2D eigenvalue weighted by Crippen LogP contribution is 2.31. The van der Waals surface area contributed by atoms with Crippen molar-refractivity contribution in [3.63, 3.8) is 0 Å². The maximum atomic E-state index is 14.4. The van der Waals surface area contributed by atoms with Crippen LogP contribution in [-0.4, -0.2) is 70.1 Å². The molecule has 0 atom stereocenters. The number of halogens is 1. The summed E-state index contributed by atoms with van der Waals surface area (Å²) in [5.74, 6) is -0.576. The van der Waals surface area contributed by atoms with Crippen LogP contribution in [0.25, 0.3) is 0 Å². The van der Waals surface area contributed by atoms with Crippen LogP contribution in [0.15, 0.2) is 43.1 Å².